The molecule has 0 bridgehead atoms. The van der Waals surface area contributed by atoms with E-state index in [1.807, 2.05) is 23.1 Å². The molecule has 9 heteroatoms. The van der Waals surface area contributed by atoms with Crippen LogP contribution in [-0.2, 0) is 20.7 Å². The molecule has 0 spiro atoms. The number of nitrogens with zero attached hydrogens (tertiary/aromatic N) is 2. The molecule has 3 heterocycles. The Morgan fingerprint density at radius 1 is 1.38 bits per heavy atom. The average molecular weight is 443 g/mol. The van der Waals surface area contributed by atoms with Gasteiger partial charge in [0.25, 0.3) is 0 Å². The molecule has 1 aromatic heterocycles. The number of nitrogens with one attached hydrogen (secondary N) is 2. The number of ether oxygens (including phenoxy) is 1. The highest BCUT2D eigenvalue weighted by Crippen LogP contribution is 2.43. The standard InChI is InChI=1S/C23H30N4O5/c1-4-32-19(29)12-24-23(31)26(3)17-11-18-21-15(14-7-5-6-8-16(14)25-21)9-10-27(18)22(30)20(17)13(2)28/h5-8,13,17-18,20,25,28H,4,9-12H2,1-3H3,(H,24,31)/t13-,17-,18-,20-/m0/s1. The SMILES string of the molecule is CCOC(=O)CNC(=O)N(C)[C@H]1C[C@H]2c3[nH]c4ccccc4c3CCN2C(=O)[C@H]1[C@H](C)O. The first-order valence-corrected chi connectivity index (χ1v) is 11.1. The lowest BCUT2D eigenvalue weighted by atomic mass is 9.79. The lowest BCUT2D eigenvalue weighted by molar-refractivity contribution is -0.151. The number of rotatable bonds is 5. The van der Waals surface area contributed by atoms with Crippen molar-refractivity contribution >= 4 is 28.8 Å². The third-order valence-electron chi connectivity index (χ3n) is 6.63. The smallest absolute Gasteiger partial charge is 0.325 e. The Balaban J connectivity index is 1.61. The second-order valence-electron chi connectivity index (χ2n) is 8.50. The van der Waals surface area contributed by atoms with Gasteiger partial charge in [0.05, 0.1) is 24.7 Å². The molecule has 1 saturated heterocycles. The van der Waals surface area contributed by atoms with Crippen LogP contribution in [0.25, 0.3) is 10.9 Å². The van der Waals surface area contributed by atoms with Crippen LogP contribution in [0.5, 0.6) is 0 Å². The first-order chi connectivity index (χ1) is 15.3. The Labute approximate surface area is 186 Å². The van der Waals surface area contributed by atoms with Gasteiger partial charge in [0.15, 0.2) is 0 Å². The fourth-order valence-corrected chi connectivity index (χ4v) is 5.12. The highest BCUT2D eigenvalue weighted by molar-refractivity contribution is 5.88. The van der Waals surface area contributed by atoms with Gasteiger partial charge in [-0.2, -0.15) is 0 Å². The number of aliphatic hydroxyl groups is 1. The highest BCUT2D eigenvalue weighted by Gasteiger charge is 2.49. The molecule has 2 aromatic rings. The Morgan fingerprint density at radius 2 is 2.12 bits per heavy atom. The summed E-state index contributed by atoms with van der Waals surface area (Å²) in [5, 5.41) is 14.2. The number of hydrogen-bond donors (Lipinski definition) is 3. The van der Waals surface area contributed by atoms with Gasteiger partial charge in [-0.25, -0.2) is 4.79 Å². The van der Waals surface area contributed by atoms with E-state index in [2.05, 4.69) is 16.4 Å². The third kappa shape index (κ3) is 3.81. The largest absolute Gasteiger partial charge is 0.465 e. The molecule has 1 aromatic carbocycles. The number of carbonyl (C=O) groups excluding carboxylic acids is 3. The van der Waals surface area contributed by atoms with Crippen LogP contribution < -0.4 is 5.32 Å². The Hall–Kier alpha value is -3.07. The number of hydrogen-bond acceptors (Lipinski definition) is 5. The van der Waals surface area contributed by atoms with E-state index in [0.29, 0.717) is 13.0 Å². The lowest BCUT2D eigenvalue weighted by Crippen LogP contribution is -2.60. The summed E-state index contributed by atoms with van der Waals surface area (Å²) in [7, 11) is 1.60. The van der Waals surface area contributed by atoms with Gasteiger partial charge in [0, 0.05) is 36.2 Å². The minimum atomic E-state index is -0.919. The normalized spacial score (nSPS) is 23.3. The van der Waals surface area contributed by atoms with Crippen molar-refractivity contribution in [2.24, 2.45) is 5.92 Å². The predicted molar refractivity (Wildman–Crippen MR) is 118 cm³/mol. The number of H-pyrrole nitrogens is 1. The number of para-hydroxylation sites is 1. The summed E-state index contributed by atoms with van der Waals surface area (Å²) in [6.45, 7) is 3.83. The number of piperidine rings is 1. The zero-order valence-electron chi connectivity index (χ0n) is 18.6. The van der Waals surface area contributed by atoms with Gasteiger partial charge in [-0.15, -0.1) is 0 Å². The minimum absolute atomic E-state index is 0.157. The topological polar surface area (TPSA) is 115 Å². The molecular weight excluding hydrogens is 412 g/mol. The van der Waals surface area contributed by atoms with Crippen molar-refractivity contribution in [2.45, 2.75) is 44.9 Å². The van der Waals surface area contributed by atoms with Crippen molar-refractivity contribution in [1.29, 1.82) is 0 Å². The van der Waals surface area contributed by atoms with Gasteiger partial charge >= 0.3 is 12.0 Å². The second kappa shape index (κ2) is 8.82. The number of carbonyl (C=O) groups is 3. The van der Waals surface area contributed by atoms with Crippen LogP contribution in [0.2, 0.25) is 0 Å². The van der Waals surface area contributed by atoms with E-state index < -0.39 is 30.1 Å². The fourth-order valence-electron chi connectivity index (χ4n) is 5.12. The van der Waals surface area contributed by atoms with Gasteiger partial charge in [0.1, 0.15) is 6.54 Å². The third-order valence-corrected chi connectivity index (χ3v) is 6.63. The number of aromatic nitrogens is 1. The van der Waals surface area contributed by atoms with E-state index in [4.69, 9.17) is 4.74 Å². The maximum atomic E-state index is 13.4. The zero-order chi connectivity index (χ0) is 23.0. The summed E-state index contributed by atoms with van der Waals surface area (Å²) in [5.41, 5.74) is 3.24. The van der Waals surface area contributed by atoms with Gasteiger partial charge in [-0.1, -0.05) is 18.2 Å². The first-order valence-electron chi connectivity index (χ1n) is 11.1. The Bertz CT molecular complexity index is 1030. The number of aromatic amines is 1. The van der Waals surface area contributed by atoms with Crippen LogP contribution in [0.1, 0.15) is 37.6 Å². The number of benzene rings is 1. The Kier molecular flexibility index (Phi) is 6.10. The maximum absolute atomic E-state index is 13.4. The van der Waals surface area contributed by atoms with Crippen LogP contribution in [0.4, 0.5) is 4.79 Å². The number of esters is 1. The van der Waals surface area contributed by atoms with Crippen molar-refractivity contribution in [2.75, 3.05) is 26.7 Å². The summed E-state index contributed by atoms with van der Waals surface area (Å²) < 4.78 is 4.86. The van der Waals surface area contributed by atoms with E-state index in [0.717, 1.165) is 23.0 Å². The van der Waals surface area contributed by atoms with Crippen LogP contribution in [-0.4, -0.2) is 76.7 Å². The minimum Gasteiger partial charge on any atom is -0.465 e. The molecule has 0 radical (unpaired) electrons. The summed E-state index contributed by atoms with van der Waals surface area (Å²) in [5.74, 6) is -1.42. The maximum Gasteiger partial charge on any atom is 0.325 e. The summed E-state index contributed by atoms with van der Waals surface area (Å²) in [6, 6.07) is 6.86. The predicted octanol–water partition coefficient (Wildman–Crippen LogP) is 1.57. The van der Waals surface area contributed by atoms with Gasteiger partial charge < -0.3 is 29.9 Å². The molecule has 172 valence electrons. The molecule has 2 aliphatic rings. The van der Waals surface area contributed by atoms with Gasteiger partial charge in [0.2, 0.25) is 5.91 Å². The molecular formula is C23H30N4O5. The monoisotopic (exact) mass is 442 g/mol. The average Bonchev–Trinajstić information content (AvgIpc) is 3.16. The fraction of sp³-hybridized carbons (Fsp3) is 0.522. The van der Waals surface area contributed by atoms with Gasteiger partial charge in [-0.3, -0.25) is 9.59 Å². The van der Waals surface area contributed by atoms with Crippen molar-refractivity contribution in [3.8, 4) is 0 Å². The molecule has 2 aliphatic heterocycles. The summed E-state index contributed by atoms with van der Waals surface area (Å²) >= 11 is 0. The molecule has 3 N–H and O–H groups in total. The number of urea groups is 1. The number of fused-ring (bicyclic) bond motifs is 5. The van der Waals surface area contributed by atoms with E-state index in [1.165, 1.54) is 10.5 Å². The number of aliphatic hydroxyl groups excluding tert-OH is 1. The molecule has 32 heavy (non-hydrogen) atoms. The van der Waals surface area contributed by atoms with Crippen molar-refractivity contribution in [3.05, 3.63) is 35.5 Å². The van der Waals surface area contributed by atoms with Gasteiger partial charge in [-0.05, 0) is 38.3 Å². The Morgan fingerprint density at radius 3 is 2.84 bits per heavy atom. The quantitative estimate of drug-likeness (QED) is 0.608. The van der Waals surface area contributed by atoms with E-state index in [1.54, 1.807) is 20.9 Å². The second-order valence-corrected chi connectivity index (χ2v) is 8.50. The van der Waals surface area contributed by atoms with E-state index >= 15 is 0 Å². The van der Waals surface area contributed by atoms with Crippen LogP contribution >= 0.6 is 0 Å². The van der Waals surface area contributed by atoms with E-state index in [-0.39, 0.29) is 25.1 Å². The lowest BCUT2D eigenvalue weighted by Gasteiger charge is -2.48. The summed E-state index contributed by atoms with van der Waals surface area (Å²) in [6.07, 6.45) is 0.317. The first kappa shape index (κ1) is 22.1. The molecule has 4 atom stereocenters. The van der Waals surface area contributed by atoms with Crippen LogP contribution in [0.3, 0.4) is 0 Å². The van der Waals surface area contributed by atoms with Crippen molar-refractivity contribution in [3.63, 3.8) is 0 Å². The molecule has 4 rings (SSSR count). The molecule has 0 saturated carbocycles. The molecule has 0 aliphatic carbocycles. The van der Waals surface area contributed by atoms with Crippen molar-refractivity contribution in [1.82, 2.24) is 20.1 Å². The van der Waals surface area contributed by atoms with Crippen molar-refractivity contribution < 1.29 is 24.2 Å². The zero-order valence-corrected chi connectivity index (χ0v) is 18.6. The number of amides is 3. The molecule has 3 amide bonds. The van der Waals surface area contributed by atoms with Crippen LogP contribution in [0, 0.1) is 5.92 Å². The molecule has 9 nitrogen and oxygen atoms in total. The highest BCUT2D eigenvalue weighted by atomic mass is 16.5. The molecule has 0 unspecified atom stereocenters. The summed E-state index contributed by atoms with van der Waals surface area (Å²) in [4.78, 5) is 44.6. The van der Waals surface area contributed by atoms with E-state index in [9.17, 15) is 19.5 Å². The van der Waals surface area contributed by atoms with Crippen LogP contribution in [0.15, 0.2) is 24.3 Å². The molecule has 1 fully saturated rings.